The molecule has 1 unspecified atom stereocenters. The molecular weight excluding hydrogens is 271 g/mol. The zero-order valence-electron chi connectivity index (χ0n) is 11.8. The lowest BCUT2D eigenvalue weighted by atomic mass is 9.95. The zero-order valence-corrected chi connectivity index (χ0v) is 11.8. The lowest BCUT2D eigenvalue weighted by Gasteiger charge is -2.21. The molecule has 1 aromatic carbocycles. The van der Waals surface area contributed by atoms with Gasteiger partial charge in [0.15, 0.2) is 5.67 Å². The monoisotopic (exact) mass is 290 g/mol. The Morgan fingerprint density at radius 3 is 2.76 bits per heavy atom. The van der Waals surface area contributed by atoms with Crippen LogP contribution in [-0.4, -0.2) is 36.3 Å². The highest BCUT2D eigenvalue weighted by molar-refractivity contribution is 5.87. The van der Waals surface area contributed by atoms with Gasteiger partial charge in [0.2, 0.25) is 11.8 Å². The fourth-order valence-electron chi connectivity index (χ4n) is 2.48. The summed E-state index contributed by atoms with van der Waals surface area (Å²) < 4.78 is 14.9. The van der Waals surface area contributed by atoms with Gasteiger partial charge in [-0.15, -0.1) is 0 Å². The summed E-state index contributed by atoms with van der Waals surface area (Å²) in [4.78, 5) is 24.5. The predicted molar refractivity (Wildman–Crippen MR) is 78.2 cm³/mol. The summed E-state index contributed by atoms with van der Waals surface area (Å²) >= 11 is 0. The first kappa shape index (κ1) is 15.2. The van der Waals surface area contributed by atoms with E-state index in [9.17, 15) is 14.0 Å². The van der Waals surface area contributed by atoms with Gasteiger partial charge in [-0.25, -0.2) is 4.39 Å². The molecule has 4 nitrogen and oxygen atoms in total. The van der Waals surface area contributed by atoms with E-state index in [0.29, 0.717) is 18.5 Å². The Bertz CT molecular complexity index is 532. The SMILES string of the molecule is C=CC(=O)NCCC(=O)N1CCC(F)(c2ccccc2)C1. The lowest BCUT2D eigenvalue weighted by Crippen LogP contribution is -2.34. The predicted octanol–water partition coefficient (Wildman–Crippen LogP) is 1.78. The number of likely N-dealkylation sites (tertiary alicyclic amines) is 1. The van der Waals surface area contributed by atoms with E-state index >= 15 is 0 Å². The van der Waals surface area contributed by atoms with Crippen LogP contribution in [0.5, 0.6) is 0 Å². The van der Waals surface area contributed by atoms with E-state index in [4.69, 9.17) is 0 Å². The Kier molecular flexibility index (Phi) is 4.73. The normalized spacial score (nSPS) is 21.1. The highest BCUT2D eigenvalue weighted by Crippen LogP contribution is 2.36. The van der Waals surface area contributed by atoms with Gasteiger partial charge >= 0.3 is 0 Å². The van der Waals surface area contributed by atoms with Gasteiger partial charge in [-0.2, -0.15) is 0 Å². The number of hydrogen-bond donors (Lipinski definition) is 1. The molecule has 112 valence electrons. The summed E-state index contributed by atoms with van der Waals surface area (Å²) in [6.07, 6.45) is 1.63. The minimum atomic E-state index is -1.47. The van der Waals surface area contributed by atoms with E-state index < -0.39 is 5.67 Å². The number of benzene rings is 1. The fraction of sp³-hybridized carbons (Fsp3) is 0.375. The van der Waals surface area contributed by atoms with Crippen molar-refractivity contribution < 1.29 is 14.0 Å². The number of nitrogens with one attached hydrogen (secondary N) is 1. The molecule has 1 heterocycles. The Balaban J connectivity index is 1.88. The molecule has 21 heavy (non-hydrogen) atoms. The van der Waals surface area contributed by atoms with Gasteiger partial charge in [0.25, 0.3) is 0 Å². The summed E-state index contributed by atoms with van der Waals surface area (Å²) in [6.45, 7) is 4.05. The van der Waals surface area contributed by atoms with Gasteiger partial charge in [0, 0.05) is 25.9 Å². The third-order valence-electron chi connectivity index (χ3n) is 3.69. The van der Waals surface area contributed by atoms with Gasteiger partial charge < -0.3 is 10.2 Å². The van der Waals surface area contributed by atoms with Crippen LogP contribution in [0.25, 0.3) is 0 Å². The molecule has 5 heteroatoms. The molecule has 1 aliphatic heterocycles. The van der Waals surface area contributed by atoms with Crippen molar-refractivity contribution in [1.82, 2.24) is 10.2 Å². The number of hydrogen-bond acceptors (Lipinski definition) is 2. The van der Waals surface area contributed by atoms with Crippen LogP contribution in [0.3, 0.4) is 0 Å². The van der Waals surface area contributed by atoms with Crippen molar-refractivity contribution in [3.05, 3.63) is 48.6 Å². The molecule has 1 N–H and O–H groups in total. The minimum Gasteiger partial charge on any atom is -0.352 e. The molecule has 0 aliphatic carbocycles. The van der Waals surface area contributed by atoms with Crippen LogP contribution in [0.4, 0.5) is 4.39 Å². The Hall–Kier alpha value is -2.17. The molecule has 0 saturated carbocycles. The molecule has 1 saturated heterocycles. The van der Waals surface area contributed by atoms with Gasteiger partial charge in [0.1, 0.15) is 0 Å². The number of halogens is 1. The topological polar surface area (TPSA) is 49.4 Å². The van der Waals surface area contributed by atoms with E-state index in [2.05, 4.69) is 11.9 Å². The first-order chi connectivity index (χ1) is 10.0. The number of nitrogens with zero attached hydrogens (tertiary/aromatic N) is 1. The first-order valence-corrected chi connectivity index (χ1v) is 6.98. The van der Waals surface area contributed by atoms with Gasteiger partial charge in [-0.05, 0) is 11.6 Å². The van der Waals surface area contributed by atoms with Crippen LogP contribution in [0.2, 0.25) is 0 Å². The molecule has 1 fully saturated rings. The number of alkyl halides is 1. The van der Waals surface area contributed by atoms with Crippen molar-refractivity contribution in [2.24, 2.45) is 0 Å². The second kappa shape index (κ2) is 6.52. The quantitative estimate of drug-likeness (QED) is 0.840. The van der Waals surface area contributed by atoms with Gasteiger partial charge in [-0.1, -0.05) is 36.9 Å². The second-order valence-corrected chi connectivity index (χ2v) is 5.14. The maximum absolute atomic E-state index is 14.9. The average molecular weight is 290 g/mol. The summed E-state index contributed by atoms with van der Waals surface area (Å²) in [7, 11) is 0. The molecule has 2 rings (SSSR count). The summed E-state index contributed by atoms with van der Waals surface area (Å²) in [5.74, 6) is -0.455. The van der Waals surface area contributed by atoms with Crippen molar-refractivity contribution in [3.63, 3.8) is 0 Å². The molecule has 1 aliphatic rings. The number of amides is 2. The van der Waals surface area contributed by atoms with Crippen molar-refractivity contribution in [2.45, 2.75) is 18.5 Å². The third-order valence-corrected chi connectivity index (χ3v) is 3.69. The lowest BCUT2D eigenvalue weighted by molar-refractivity contribution is -0.130. The fourth-order valence-corrected chi connectivity index (χ4v) is 2.48. The smallest absolute Gasteiger partial charge is 0.243 e. The molecule has 0 radical (unpaired) electrons. The van der Waals surface area contributed by atoms with E-state index in [0.717, 1.165) is 6.08 Å². The number of carbonyl (C=O) groups is 2. The Labute approximate surface area is 123 Å². The van der Waals surface area contributed by atoms with E-state index in [1.807, 2.05) is 6.07 Å². The molecule has 0 aromatic heterocycles. The van der Waals surface area contributed by atoms with Gasteiger partial charge in [-0.3, -0.25) is 9.59 Å². The number of carbonyl (C=O) groups excluding carboxylic acids is 2. The molecule has 0 bridgehead atoms. The summed E-state index contributed by atoms with van der Waals surface area (Å²) in [6, 6.07) is 8.93. The Morgan fingerprint density at radius 2 is 2.10 bits per heavy atom. The number of rotatable bonds is 5. The standard InChI is InChI=1S/C16H19FN2O2/c1-2-14(20)18-10-8-15(21)19-11-9-16(17,12-19)13-6-4-3-5-7-13/h2-7H,1,8-12H2,(H,18,20). The Morgan fingerprint density at radius 1 is 1.38 bits per heavy atom. The summed E-state index contributed by atoms with van der Waals surface area (Å²) in [5, 5.41) is 2.54. The average Bonchev–Trinajstić information content (AvgIpc) is 2.92. The molecular formula is C16H19FN2O2. The van der Waals surface area contributed by atoms with Crippen LogP contribution in [0, 0.1) is 0 Å². The third kappa shape index (κ3) is 3.68. The molecule has 1 atom stereocenters. The maximum Gasteiger partial charge on any atom is 0.243 e. The molecule has 1 aromatic rings. The van der Waals surface area contributed by atoms with E-state index in [1.165, 1.54) is 4.90 Å². The van der Waals surface area contributed by atoms with Crippen molar-refractivity contribution >= 4 is 11.8 Å². The molecule has 0 spiro atoms. The minimum absolute atomic E-state index is 0.0747. The highest BCUT2D eigenvalue weighted by atomic mass is 19.1. The molecule has 2 amide bonds. The zero-order chi connectivity index (χ0) is 15.3. The first-order valence-electron chi connectivity index (χ1n) is 6.98. The highest BCUT2D eigenvalue weighted by Gasteiger charge is 2.41. The van der Waals surface area contributed by atoms with E-state index in [-0.39, 0.29) is 31.3 Å². The maximum atomic E-state index is 14.9. The largest absolute Gasteiger partial charge is 0.352 e. The second-order valence-electron chi connectivity index (χ2n) is 5.14. The van der Waals surface area contributed by atoms with Crippen LogP contribution in [-0.2, 0) is 15.3 Å². The van der Waals surface area contributed by atoms with Crippen LogP contribution in [0.15, 0.2) is 43.0 Å². The summed E-state index contributed by atoms with van der Waals surface area (Å²) in [5.41, 5.74) is -0.860. The van der Waals surface area contributed by atoms with E-state index in [1.54, 1.807) is 24.3 Å². The van der Waals surface area contributed by atoms with Crippen LogP contribution >= 0.6 is 0 Å². The van der Waals surface area contributed by atoms with Gasteiger partial charge in [0.05, 0.1) is 6.54 Å². The van der Waals surface area contributed by atoms with Crippen LogP contribution < -0.4 is 5.32 Å². The van der Waals surface area contributed by atoms with Crippen molar-refractivity contribution in [2.75, 3.05) is 19.6 Å². The van der Waals surface area contributed by atoms with Crippen molar-refractivity contribution in [3.8, 4) is 0 Å². The van der Waals surface area contributed by atoms with Crippen molar-refractivity contribution in [1.29, 1.82) is 0 Å². The van der Waals surface area contributed by atoms with Crippen LogP contribution in [0.1, 0.15) is 18.4 Å².